The van der Waals surface area contributed by atoms with E-state index in [1.807, 2.05) is 73.1 Å². The zero-order valence-corrected chi connectivity index (χ0v) is 26.1. The maximum absolute atomic E-state index is 14.8. The van der Waals surface area contributed by atoms with Gasteiger partial charge in [0.05, 0.1) is 30.1 Å². The van der Waals surface area contributed by atoms with Crippen molar-refractivity contribution < 1.29 is 23.4 Å². The highest BCUT2D eigenvalue weighted by Crippen LogP contribution is 2.30. The van der Waals surface area contributed by atoms with Crippen molar-refractivity contribution in [3.05, 3.63) is 126 Å². The summed E-state index contributed by atoms with van der Waals surface area (Å²) in [6.45, 7) is 5.99. The van der Waals surface area contributed by atoms with Crippen molar-refractivity contribution in [3.63, 3.8) is 0 Å². The molecule has 0 bridgehead atoms. The van der Waals surface area contributed by atoms with Crippen LogP contribution in [0.5, 0.6) is 11.5 Å². The number of esters is 1. The molecule has 2 heterocycles. The van der Waals surface area contributed by atoms with E-state index in [4.69, 9.17) is 19.3 Å². The molecule has 1 atom stereocenters. The number of rotatable bonds is 14. The van der Waals surface area contributed by atoms with Crippen molar-refractivity contribution in [1.82, 2.24) is 15.1 Å². The van der Waals surface area contributed by atoms with Crippen molar-refractivity contribution >= 4 is 5.97 Å². The second-order valence-corrected chi connectivity index (χ2v) is 11.7. The van der Waals surface area contributed by atoms with Gasteiger partial charge in [-0.15, -0.1) is 0 Å². The van der Waals surface area contributed by atoms with E-state index in [2.05, 4.69) is 35.6 Å². The third kappa shape index (κ3) is 8.20. The van der Waals surface area contributed by atoms with Crippen LogP contribution in [0, 0.1) is 5.82 Å². The zero-order valence-electron chi connectivity index (χ0n) is 26.1. The average Bonchev–Trinajstić information content (AvgIpc) is 3.81. The molecule has 236 valence electrons. The molecule has 0 amide bonds. The fraction of sp³-hybridized carbons (Fsp3) is 0.263. The van der Waals surface area contributed by atoms with Gasteiger partial charge in [0.2, 0.25) is 0 Å². The highest BCUT2D eigenvalue weighted by Gasteiger charge is 2.22. The first kappa shape index (κ1) is 31.0. The van der Waals surface area contributed by atoms with Gasteiger partial charge < -0.3 is 19.5 Å². The van der Waals surface area contributed by atoms with Gasteiger partial charge in [0.25, 0.3) is 0 Å². The van der Waals surface area contributed by atoms with E-state index in [9.17, 15) is 9.18 Å². The lowest BCUT2D eigenvalue weighted by molar-refractivity contribution is -0.143. The van der Waals surface area contributed by atoms with Crippen LogP contribution in [0.25, 0.3) is 22.5 Å². The van der Waals surface area contributed by atoms with E-state index in [-0.39, 0.29) is 37.6 Å². The van der Waals surface area contributed by atoms with E-state index in [1.165, 1.54) is 6.07 Å². The van der Waals surface area contributed by atoms with Gasteiger partial charge in [-0.3, -0.25) is 9.48 Å². The molecule has 1 aliphatic rings. The van der Waals surface area contributed by atoms with Crippen LogP contribution in [-0.4, -0.2) is 41.0 Å². The molecule has 1 fully saturated rings. The Hall–Kier alpha value is -4.95. The minimum absolute atomic E-state index is 0.0368. The number of hydrogen-bond acceptors (Lipinski definition) is 6. The Balaban J connectivity index is 1.16. The van der Waals surface area contributed by atoms with Gasteiger partial charge in [-0.1, -0.05) is 78.9 Å². The summed E-state index contributed by atoms with van der Waals surface area (Å²) in [6, 6.07) is 33.6. The monoisotopic (exact) mass is 619 g/mol. The van der Waals surface area contributed by atoms with Crippen molar-refractivity contribution in [2.24, 2.45) is 0 Å². The molecule has 1 unspecified atom stereocenters. The lowest BCUT2D eigenvalue weighted by atomic mass is 10.1. The van der Waals surface area contributed by atoms with Crippen LogP contribution in [0.1, 0.15) is 37.0 Å². The number of halogens is 1. The lowest BCUT2D eigenvalue weighted by Gasteiger charge is -2.17. The van der Waals surface area contributed by atoms with E-state index in [0.717, 1.165) is 45.9 Å². The predicted molar refractivity (Wildman–Crippen MR) is 176 cm³/mol. The Morgan fingerprint density at radius 2 is 1.65 bits per heavy atom. The topological polar surface area (TPSA) is 84.5 Å². The minimum Gasteiger partial charge on any atom is -0.491 e. The summed E-state index contributed by atoms with van der Waals surface area (Å²) in [5.41, 5.74) is 6.39. The molecular formula is C38H38FN3O4. The minimum atomic E-state index is -0.406. The molecule has 0 radical (unpaired) electrons. The van der Waals surface area contributed by atoms with Crippen LogP contribution < -0.4 is 14.8 Å². The standard InChI is InChI=1S/C38H38FN3O4/c1-26(2)46-37-19-27(24-44-33-17-15-28(34(39)20-33)16-18-38(43)45-25-32-22-40-32)13-14-31(37)23-42-36(30-11-7-4-8-12-30)21-35(41-42)29-9-5-3-6-10-29/h3-15,17,19-21,26,32,40H,16,18,22-25H2,1-2H3. The number of benzene rings is 4. The highest BCUT2D eigenvalue weighted by atomic mass is 19.1. The quantitative estimate of drug-likeness (QED) is 0.104. The Kier molecular flexibility index (Phi) is 9.74. The van der Waals surface area contributed by atoms with Gasteiger partial charge in [0.1, 0.15) is 30.5 Å². The third-order valence-corrected chi connectivity index (χ3v) is 7.70. The number of aryl methyl sites for hydroxylation is 1. The first-order chi connectivity index (χ1) is 22.4. The molecule has 5 aromatic rings. The van der Waals surface area contributed by atoms with E-state index in [0.29, 0.717) is 24.5 Å². The van der Waals surface area contributed by atoms with Crippen LogP contribution in [0.2, 0.25) is 0 Å². The summed E-state index contributed by atoms with van der Waals surface area (Å²) in [7, 11) is 0. The SMILES string of the molecule is CC(C)Oc1cc(COc2ccc(CCC(=O)OCC3CN3)c(F)c2)ccc1Cn1nc(-c2ccccc2)cc1-c1ccccc1. The molecule has 1 saturated heterocycles. The normalized spacial score (nSPS) is 13.9. The molecule has 1 N–H and O–H groups in total. The second kappa shape index (κ2) is 14.4. The summed E-state index contributed by atoms with van der Waals surface area (Å²) in [5.74, 6) is 0.433. The second-order valence-electron chi connectivity index (χ2n) is 11.7. The number of nitrogens with one attached hydrogen (secondary N) is 1. The van der Waals surface area contributed by atoms with Gasteiger partial charge in [-0.25, -0.2) is 4.39 Å². The molecule has 1 aliphatic heterocycles. The van der Waals surface area contributed by atoms with Gasteiger partial charge in [0.15, 0.2) is 0 Å². The molecule has 0 saturated carbocycles. The Morgan fingerprint density at radius 1 is 0.935 bits per heavy atom. The number of carbonyl (C=O) groups excluding carboxylic acids is 1. The van der Waals surface area contributed by atoms with E-state index >= 15 is 0 Å². The van der Waals surface area contributed by atoms with Gasteiger partial charge in [-0.2, -0.15) is 5.10 Å². The molecule has 4 aromatic carbocycles. The van der Waals surface area contributed by atoms with Crippen LogP contribution >= 0.6 is 0 Å². The molecule has 46 heavy (non-hydrogen) atoms. The number of aromatic nitrogens is 2. The number of nitrogens with zero attached hydrogens (tertiary/aromatic N) is 2. The Morgan fingerprint density at radius 3 is 2.35 bits per heavy atom. The number of carbonyl (C=O) groups is 1. The van der Waals surface area contributed by atoms with Crippen LogP contribution in [0.15, 0.2) is 103 Å². The molecule has 1 aromatic heterocycles. The Labute approximate surface area is 268 Å². The maximum Gasteiger partial charge on any atom is 0.306 e. The van der Waals surface area contributed by atoms with Crippen molar-refractivity contribution in [1.29, 1.82) is 0 Å². The molecule has 6 rings (SSSR count). The molecule has 8 heteroatoms. The third-order valence-electron chi connectivity index (χ3n) is 7.70. The lowest BCUT2D eigenvalue weighted by Crippen LogP contribution is -2.12. The van der Waals surface area contributed by atoms with Crippen molar-refractivity contribution in [3.8, 4) is 34.0 Å². The van der Waals surface area contributed by atoms with E-state index < -0.39 is 5.82 Å². The number of ether oxygens (including phenoxy) is 3. The zero-order chi connectivity index (χ0) is 31.9. The summed E-state index contributed by atoms with van der Waals surface area (Å²) in [4.78, 5) is 11.9. The predicted octanol–water partition coefficient (Wildman–Crippen LogP) is 7.22. The molecule has 0 aliphatic carbocycles. The number of hydrogen-bond donors (Lipinski definition) is 1. The van der Waals surface area contributed by atoms with Crippen LogP contribution in [0.3, 0.4) is 0 Å². The maximum atomic E-state index is 14.8. The molecule has 7 nitrogen and oxygen atoms in total. The van der Waals surface area contributed by atoms with Gasteiger partial charge in [-0.05, 0) is 55.2 Å². The van der Waals surface area contributed by atoms with Crippen molar-refractivity contribution in [2.45, 2.75) is 52.0 Å². The fourth-order valence-corrected chi connectivity index (χ4v) is 5.16. The Bertz CT molecular complexity index is 1770. The van der Waals surface area contributed by atoms with Crippen LogP contribution in [0.4, 0.5) is 4.39 Å². The largest absolute Gasteiger partial charge is 0.491 e. The van der Waals surface area contributed by atoms with Crippen molar-refractivity contribution in [2.75, 3.05) is 13.2 Å². The average molecular weight is 620 g/mol. The van der Waals surface area contributed by atoms with Gasteiger partial charge >= 0.3 is 5.97 Å². The first-order valence-electron chi connectivity index (χ1n) is 15.7. The van der Waals surface area contributed by atoms with Crippen LogP contribution in [-0.2, 0) is 29.1 Å². The summed E-state index contributed by atoms with van der Waals surface area (Å²) in [6.07, 6.45) is 0.369. The molecule has 0 spiro atoms. The fourth-order valence-electron chi connectivity index (χ4n) is 5.16. The smallest absolute Gasteiger partial charge is 0.306 e. The summed E-state index contributed by atoms with van der Waals surface area (Å²) >= 11 is 0. The summed E-state index contributed by atoms with van der Waals surface area (Å²) < 4.78 is 34.3. The summed E-state index contributed by atoms with van der Waals surface area (Å²) in [5, 5.41) is 8.08. The van der Waals surface area contributed by atoms with Gasteiger partial charge in [0, 0.05) is 30.2 Å². The molecular weight excluding hydrogens is 581 g/mol. The van der Waals surface area contributed by atoms with E-state index in [1.54, 1.807) is 12.1 Å². The highest BCUT2D eigenvalue weighted by molar-refractivity contribution is 5.70. The first-order valence-corrected chi connectivity index (χ1v) is 15.7.